The van der Waals surface area contributed by atoms with E-state index in [2.05, 4.69) is 5.32 Å². The third kappa shape index (κ3) is 3.41. The first-order valence-electron chi connectivity index (χ1n) is 8.71. The van der Waals surface area contributed by atoms with Crippen LogP contribution in [-0.2, 0) is 0 Å². The van der Waals surface area contributed by atoms with Gasteiger partial charge < -0.3 is 10.4 Å². The van der Waals surface area contributed by atoms with Crippen molar-refractivity contribution in [1.82, 2.24) is 10.2 Å². The molecule has 2 N–H and O–H groups in total. The van der Waals surface area contributed by atoms with Crippen LogP contribution in [0.4, 0.5) is 23.7 Å². The van der Waals surface area contributed by atoms with E-state index in [1.54, 1.807) is 0 Å². The fourth-order valence-corrected chi connectivity index (χ4v) is 4.28. The van der Waals surface area contributed by atoms with Crippen LogP contribution in [0, 0.1) is 16.0 Å². The number of nitrogens with one attached hydrogen (secondary N) is 1. The van der Waals surface area contributed by atoms with E-state index in [9.17, 15) is 38.0 Å². The summed E-state index contributed by atoms with van der Waals surface area (Å²) in [5.74, 6) is -3.24. The molecule has 0 aliphatic carbocycles. The number of halogens is 3. The fourth-order valence-electron chi connectivity index (χ4n) is 3.58. The van der Waals surface area contributed by atoms with E-state index >= 15 is 0 Å². The van der Waals surface area contributed by atoms with E-state index < -0.39 is 52.8 Å². The molecular weight excluding hydrogens is 427 g/mol. The molecule has 0 bridgehead atoms. The number of Topliss-reactive ketones (excluding diaryl/α,β-unsaturated/α-hetero) is 1. The summed E-state index contributed by atoms with van der Waals surface area (Å²) in [6.07, 6.45) is -5.38. The van der Waals surface area contributed by atoms with Crippen molar-refractivity contribution in [3.63, 3.8) is 0 Å². The number of nitro benzene ring substituents is 1. The number of thiophene rings is 1. The standard InChI is InChI=1S/C18H16F3N3O5S/c1-2-23-16(26)22-14(10-5-3-6-11(9-10)24(28)29)13(17(23,27)18(19,20)21)15(25)12-7-4-8-30-12/h3-9,13-14,27H,2H2,1H3,(H,22,26)/t13-,14+,17-/m1/s1. The lowest BCUT2D eigenvalue weighted by atomic mass is 9.77. The quantitative estimate of drug-likeness (QED) is 0.417. The molecule has 2 heterocycles. The Morgan fingerprint density at radius 1 is 1.37 bits per heavy atom. The maximum Gasteiger partial charge on any atom is 0.437 e. The summed E-state index contributed by atoms with van der Waals surface area (Å²) in [6.45, 7) is 0.703. The Bertz CT molecular complexity index is 982. The predicted molar refractivity (Wildman–Crippen MR) is 99.9 cm³/mol. The van der Waals surface area contributed by atoms with E-state index in [4.69, 9.17) is 0 Å². The average molecular weight is 443 g/mol. The molecule has 8 nitrogen and oxygen atoms in total. The number of aliphatic hydroxyl groups is 1. The Balaban J connectivity index is 2.24. The molecule has 1 aliphatic rings. The van der Waals surface area contributed by atoms with Crippen LogP contribution in [0.25, 0.3) is 0 Å². The highest BCUT2D eigenvalue weighted by Gasteiger charge is 2.69. The molecule has 1 saturated heterocycles. The average Bonchev–Trinajstić information content (AvgIpc) is 3.21. The van der Waals surface area contributed by atoms with Crippen LogP contribution in [0.5, 0.6) is 0 Å². The zero-order valence-electron chi connectivity index (χ0n) is 15.4. The predicted octanol–water partition coefficient (Wildman–Crippen LogP) is 3.49. The molecule has 1 aliphatic heterocycles. The topological polar surface area (TPSA) is 113 Å². The Kier molecular flexibility index (Phi) is 5.56. The number of nitrogens with zero attached hydrogens (tertiary/aromatic N) is 2. The molecule has 0 saturated carbocycles. The van der Waals surface area contributed by atoms with Gasteiger partial charge in [0.2, 0.25) is 0 Å². The largest absolute Gasteiger partial charge is 0.437 e. The maximum atomic E-state index is 14.2. The van der Waals surface area contributed by atoms with Gasteiger partial charge in [0.15, 0.2) is 5.78 Å². The summed E-state index contributed by atoms with van der Waals surface area (Å²) in [7, 11) is 0. The van der Waals surface area contributed by atoms with Crippen molar-refractivity contribution in [2.24, 2.45) is 5.92 Å². The van der Waals surface area contributed by atoms with Gasteiger partial charge in [0.1, 0.15) is 5.92 Å². The van der Waals surface area contributed by atoms with Gasteiger partial charge in [-0.15, -0.1) is 11.3 Å². The number of amides is 2. The zero-order valence-corrected chi connectivity index (χ0v) is 16.2. The van der Waals surface area contributed by atoms with Crippen molar-refractivity contribution in [3.05, 3.63) is 62.3 Å². The van der Waals surface area contributed by atoms with Crippen LogP contribution < -0.4 is 5.32 Å². The number of benzene rings is 1. The summed E-state index contributed by atoms with van der Waals surface area (Å²) >= 11 is 0.883. The van der Waals surface area contributed by atoms with Gasteiger partial charge in [0, 0.05) is 18.7 Å². The zero-order chi connectivity index (χ0) is 22.3. The second-order valence-electron chi connectivity index (χ2n) is 6.57. The third-order valence-electron chi connectivity index (χ3n) is 4.92. The molecule has 2 amide bonds. The Morgan fingerprint density at radius 2 is 2.07 bits per heavy atom. The second-order valence-corrected chi connectivity index (χ2v) is 7.51. The highest BCUT2D eigenvalue weighted by Crippen LogP contribution is 2.48. The number of ketones is 1. The SMILES string of the molecule is CCN1C(=O)N[C@@H](c2cccc([N+](=O)[O-])c2)[C@H](C(=O)c2cccs2)[C@@]1(O)C(F)(F)F. The summed E-state index contributed by atoms with van der Waals surface area (Å²) in [6, 6.07) is 4.45. The van der Waals surface area contributed by atoms with Crippen molar-refractivity contribution < 1.29 is 32.8 Å². The smallest absolute Gasteiger partial charge is 0.363 e. The molecular formula is C18H16F3N3O5S. The number of rotatable bonds is 5. The number of non-ortho nitro benzene ring substituents is 1. The first-order valence-corrected chi connectivity index (χ1v) is 9.59. The Hall–Kier alpha value is -2.99. The highest BCUT2D eigenvalue weighted by molar-refractivity contribution is 7.12. The molecule has 2 aromatic rings. The molecule has 0 spiro atoms. The lowest BCUT2D eigenvalue weighted by Gasteiger charge is -2.50. The number of alkyl halides is 3. The van der Waals surface area contributed by atoms with E-state index in [1.165, 1.54) is 36.6 Å². The number of hydrogen-bond donors (Lipinski definition) is 2. The first kappa shape index (κ1) is 21.7. The van der Waals surface area contributed by atoms with Gasteiger partial charge in [0.25, 0.3) is 11.4 Å². The first-order chi connectivity index (χ1) is 14.0. The highest BCUT2D eigenvalue weighted by atomic mass is 32.1. The summed E-state index contributed by atoms with van der Waals surface area (Å²) in [4.78, 5) is 36.0. The molecule has 0 unspecified atom stereocenters. The van der Waals surface area contributed by atoms with Crippen molar-refractivity contribution in [2.45, 2.75) is 24.9 Å². The monoisotopic (exact) mass is 443 g/mol. The number of carbonyl (C=O) groups excluding carboxylic acids is 2. The molecule has 30 heavy (non-hydrogen) atoms. The van der Waals surface area contributed by atoms with Crippen LogP contribution >= 0.6 is 11.3 Å². The van der Waals surface area contributed by atoms with Crippen molar-refractivity contribution in [2.75, 3.05) is 6.54 Å². The third-order valence-corrected chi connectivity index (χ3v) is 5.81. The van der Waals surface area contributed by atoms with E-state index in [-0.39, 0.29) is 15.3 Å². The number of nitro groups is 1. The lowest BCUT2D eigenvalue weighted by Crippen LogP contribution is -2.73. The van der Waals surface area contributed by atoms with Crippen LogP contribution in [0.1, 0.15) is 28.2 Å². The molecule has 1 fully saturated rings. The van der Waals surface area contributed by atoms with Crippen molar-refractivity contribution >= 4 is 28.8 Å². The Morgan fingerprint density at radius 3 is 2.60 bits per heavy atom. The van der Waals surface area contributed by atoms with Gasteiger partial charge in [-0.3, -0.25) is 19.8 Å². The van der Waals surface area contributed by atoms with Crippen LogP contribution in [0.15, 0.2) is 41.8 Å². The van der Waals surface area contributed by atoms with E-state index in [0.29, 0.717) is 0 Å². The molecule has 1 aromatic heterocycles. The molecule has 0 radical (unpaired) electrons. The molecule has 1 aromatic carbocycles. The van der Waals surface area contributed by atoms with Crippen LogP contribution in [0.3, 0.4) is 0 Å². The van der Waals surface area contributed by atoms with Gasteiger partial charge in [0.05, 0.1) is 15.8 Å². The molecule has 160 valence electrons. The van der Waals surface area contributed by atoms with Gasteiger partial charge in [-0.2, -0.15) is 13.2 Å². The van der Waals surface area contributed by atoms with Crippen molar-refractivity contribution in [1.29, 1.82) is 0 Å². The second kappa shape index (κ2) is 7.69. The Labute approximate surface area is 172 Å². The van der Waals surface area contributed by atoms with Gasteiger partial charge in [-0.1, -0.05) is 18.2 Å². The minimum Gasteiger partial charge on any atom is -0.363 e. The van der Waals surface area contributed by atoms with Crippen molar-refractivity contribution in [3.8, 4) is 0 Å². The molecule has 3 atom stereocenters. The summed E-state index contributed by atoms with van der Waals surface area (Å²) in [5.41, 5.74) is -4.36. The van der Waals surface area contributed by atoms with E-state index in [0.717, 1.165) is 23.5 Å². The normalized spacial score (nSPS) is 24.4. The maximum absolute atomic E-state index is 14.2. The van der Waals surface area contributed by atoms with Crippen LogP contribution in [0.2, 0.25) is 0 Å². The minimum absolute atomic E-state index is 0.0506. The van der Waals surface area contributed by atoms with Gasteiger partial charge in [-0.05, 0) is 23.9 Å². The van der Waals surface area contributed by atoms with E-state index in [1.807, 2.05) is 0 Å². The number of hydrogen-bond acceptors (Lipinski definition) is 6. The molecule has 12 heteroatoms. The van der Waals surface area contributed by atoms with Gasteiger partial charge in [-0.25, -0.2) is 4.79 Å². The molecule has 3 rings (SSSR count). The summed E-state index contributed by atoms with van der Waals surface area (Å²) in [5, 5.41) is 25.8. The summed E-state index contributed by atoms with van der Waals surface area (Å²) < 4.78 is 42.5. The minimum atomic E-state index is -5.38. The lowest BCUT2D eigenvalue weighted by molar-refractivity contribution is -0.385. The van der Waals surface area contributed by atoms with Crippen LogP contribution in [-0.4, -0.2) is 45.2 Å². The van der Waals surface area contributed by atoms with Gasteiger partial charge >= 0.3 is 12.2 Å². The number of urea groups is 1. The number of carbonyl (C=O) groups is 2. The fraction of sp³-hybridized carbons (Fsp3) is 0.333.